The lowest BCUT2D eigenvalue weighted by Crippen LogP contribution is -2.19. The molecule has 0 aliphatic rings. The van der Waals surface area contributed by atoms with Crippen LogP contribution in [0.1, 0.15) is 20.3 Å². The second kappa shape index (κ2) is 4.87. The molecule has 0 amide bonds. The third-order valence-electron chi connectivity index (χ3n) is 2.50. The summed E-state index contributed by atoms with van der Waals surface area (Å²) >= 11 is 3.57. The second-order valence-electron chi connectivity index (χ2n) is 4.13. The number of hydrogen-bond acceptors (Lipinski definition) is 2. The molecule has 0 bridgehead atoms. The van der Waals surface area contributed by atoms with Gasteiger partial charge in [0, 0.05) is 23.3 Å². The SMILES string of the molecule is CC(Br)CC(C)Nc1cccc2nccn12. The van der Waals surface area contributed by atoms with Crippen molar-refractivity contribution in [2.75, 3.05) is 5.32 Å². The van der Waals surface area contributed by atoms with Crippen LogP contribution >= 0.6 is 15.9 Å². The highest BCUT2D eigenvalue weighted by atomic mass is 79.9. The van der Waals surface area contributed by atoms with E-state index in [0.29, 0.717) is 10.9 Å². The predicted molar refractivity (Wildman–Crippen MR) is 71.3 cm³/mol. The first-order chi connectivity index (χ1) is 7.66. The van der Waals surface area contributed by atoms with Crippen molar-refractivity contribution in [1.82, 2.24) is 9.38 Å². The minimum atomic E-state index is 0.433. The van der Waals surface area contributed by atoms with Crippen LogP contribution in [0.4, 0.5) is 5.82 Å². The molecule has 16 heavy (non-hydrogen) atoms. The summed E-state index contributed by atoms with van der Waals surface area (Å²) in [6.07, 6.45) is 4.88. The molecule has 4 heteroatoms. The van der Waals surface area contributed by atoms with E-state index in [1.165, 1.54) is 0 Å². The Morgan fingerprint density at radius 2 is 2.25 bits per heavy atom. The van der Waals surface area contributed by atoms with Crippen molar-refractivity contribution in [2.24, 2.45) is 0 Å². The van der Waals surface area contributed by atoms with E-state index in [1.54, 1.807) is 0 Å². The summed E-state index contributed by atoms with van der Waals surface area (Å²) in [5, 5.41) is 3.50. The van der Waals surface area contributed by atoms with Crippen LogP contribution in [-0.4, -0.2) is 20.3 Å². The first kappa shape index (κ1) is 11.5. The zero-order valence-corrected chi connectivity index (χ0v) is 11.1. The van der Waals surface area contributed by atoms with Crippen LogP contribution in [0.5, 0.6) is 0 Å². The summed E-state index contributed by atoms with van der Waals surface area (Å²) in [6.45, 7) is 4.35. The van der Waals surface area contributed by atoms with Gasteiger partial charge in [0.2, 0.25) is 0 Å². The molecule has 2 aromatic rings. The monoisotopic (exact) mass is 281 g/mol. The molecule has 2 heterocycles. The summed E-state index contributed by atoms with van der Waals surface area (Å²) in [5.41, 5.74) is 0.976. The number of nitrogens with one attached hydrogen (secondary N) is 1. The first-order valence-electron chi connectivity index (χ1n) is 5.49. The van der Waals surface area contributed by atoms with Gasteiger partial charge in [-0.05, 0) is 25.5 Å². The molecule has 0 fully saturated rings. The van der Waals surface area contributed by atoms with Gasteiger partial charge >= 0.3 is 0 Å². The van der Waals surface area contributed by atoms with Crippen LogP contribution in [0.2, 0.25) is 0 Å². The summed E-state index contributed by atoms with van der Waals surface area (Å²) in [6, 6.07) is 6.53. The van der Waals surface area contributed by atoms with Crippen molar-refractivity contribution in [3.05, 3.63) is 30.6 Å². The van der Waals surface area contributed by atoms with E-state index in [4.69, 9.17) is 0 Å². The molecule has 0 spiro atoms. The van der Waals surface area contributed by atoms with Gasteiger partial charge in [0.25, 0.3) is 0 Å². The maximum absolute atomic E-state index is 4.26. The molecule has 0 radical (unpaired) electrons. The summed E-state index contributed by atoms with van der Waals surface area (Å²) in [4.78, 5) is 4.79. The molecule has 0 aliphatic heterocycles. The van der Waals surface area contributed by atoms with E-state index >= 15 is 0 Å². The number of pyridine rings is 1. The molecule has 0 saturated carbocycles. The molecule has 86 valence electrons. The Morgan fingerprint density at radius 3 is 3.00 bits per heavy atom. The quantitative estimate of drug-likeness (QED) is 0.872. The summed E-state index contributed by atoms with van der Waals surface area (Å²) < 4.78 is 2.06. The van der Waals surface area contributed by atoms with Gasteiger partial charge in [-0.25, -0.2) is 4.98 Å². The highest BCUT2D eigenvalue weighted by Gasteiger charge is 2.07. The fourth-order valence-corrected chi connectivity index (χ4v) is 2.42. The zero-order valence-electron chi connectivity index (χ0n) is 9.52. The van der Waals surface area contributed by atoms with E-state index < -0.39 is 0 Å². The normalized spacial score (nSPS) is 14.9. The molecule has 0 aliphatic carbocycles. The van der Waals surface area contributed by atoms with E-state index in [0.717, 1.165) is 17.9 Å². The fraction of sp³-hybridized carbons (Fsp3) is 0.417. The number of rotatable bonds is 4. The molecule has 1 N–H and O–H groups in total. The van der Waals surface area contributed by atoms with E-state index in [1.807, 2.05) is 24.5 Å². The maximum Gasteiger partial charge on any atom is 0.138 e. The highest BCUT2D eigenvalue weighted by molar-refractivity contribution is 9.09. The molecule has 2 rings (SSSR count). The number of imidazole rings is 1. The predicted octanol–water partition coefficient (Wildman–Crippen LogP) is 3.31. The van der Waals surface area contributed by atoms with Crippen molar-refractivity contribution < 1.29 is 0 Å². The molecular formula is C12H16BrN3. The molecule has 0 saturated heterocycles. The average Bonchev–Trinajstić information content (AvgIpc) is 2.65. The van der Waals surface area contributed by atoms with E-state index in [2.05, 4.69) is 50.5 Å². The van der Waals surface area contributed by atoms with E-state index in [9.17, 15) is 0 Å². The van der Waals surface area contributed by atoms with Crippen LogP contribution in [0.15, 0.2) is 30.6 Å². The Kier molecular flexibility index (Phi) is 3.49. The lowest BCUT2D eigenvalue weighted by molar-refractivity contribution is 0.703. The smallest absolute Gasteiger partial charge is 0.138 e. The standard InChI is InChI=1S/C12H16BrN3/c1-9(13)8-10(2)15-12-5-3-4-11-14-6-7-16(11)12/h3-7,9-10,15H,8H2,1-2H3. The van der Waals surface area contributed by atoms with Crippen LogP contribution in [0, 0.1) is 0 Å². The molecule has 2 unspecified atom stereocenters. The van der Waals surface area contributed by atoms with Gasteiger partial charge < -0.3 is 5.32 Å². The van der Waals surface area contributed by atoms with Gasteiger partial charge in [0.1, 0.15) is 11.5 Å². The minimum absolute atomic E-state index is 0.433. The molecule has 2 aromatic heterocycles. The summed E-state index contributed by atoms with van der Waals surface area (Å²) in [5.74, 6) is 1.09. The van der Waals surface area contributed by atoms with Crippen molar-refractivity contribution in [3.8, 4) is 0 Å². The fourth-order valence-electron chi connectivity index (χ4n) is 1.86. The Hall–Kier alpha value is -1.03. The maximum atomic E-state index is 4.26. The Balaban J connectivity index is 2.17. The largest absolute Gasteiger partial charge is 0.369 e. The molecular weight excluding hydrogens is 266 g/mol. The second-order valence-corrected chi connectivity index (χ2v) is 5.69. The van der Waals surface area contributed by atoms with Crippen molar-refractivity contribution in [1.29, 1.82) is 0 Å². The molecule has 0 aromatic carbocycles. The average molecular weight is 282 g/mol. The Bertz CT molecular complexity index is 464. The van der Waals surface area contributed by atoms with Crippen LogP contribution in [0.3, 0.4) is 0 Å². The van der Waals surface area contributed by atoms with Crippen LogP contribution in [-0.2, 0) is 0 Å². The van der Waals surface area contributed by atoms with Crippen molar-refractivity contribution in [2.45, 2.75) is 31.1 Å². The summed E-state index contributed by atoms with van der Waals surface area (Å²) in [7, 11) is 0. The van der Waals surface area contributed by atoms with Gasteiger partial charge in [-0.15, -0.1) is 0 Å². The van der Waals surface area contributed by atoms with Gasteiger partial charge in [-0.2, -0.15) is 0 Å². The third-order valence-corrected chi connectivity index (χ3v) is 2.87. The van der Waals surface area contributed by atoms with Crippen molar-refractivity contribution >= 4 is 27.4 Å². The lowest BCUT2D eigenvalue weighted by Gasteiger charge is -2.17. The van der Waals surface area contributed by atoms with Gasteiger partial charge in [-0.1, -0.05) is 28.9 Å². The number of nitrogens with zero attached hydrogens (tertiary/aromatic N) is 2. The first-order valence-corrected chi connectivity index (χ1v) is 6.41. The lowest BCUT2D eigenvalue weighted by atomic mass is 10.2. The van der Waals surface area contributed by atoms with Gasteiger partial charge in [0.05, 0.1) is 0 Å². The number of alkyl halides is 1. The van der Waals surface area contributed by atoms with Gasteiger partial charge in [0.15, 0.2) is 0 Å². The Morgan fingerprint density at radius 1 is 1.44 bits per heavy atom. The zero-order chi connectivity index (χ0) is 11.5. The van der Waals surface area contributed by atoms with Gasteiger partial charge in [-0.3, -0.25) is 4.40 Å². The number of aromatic nitrogens is 2. The highest BCUT2D eigenvalue weighted by Crippen LogP contribution is 2.15. The number of halogens is 1. The minimum Gasteiger partial charge on any atom is -0.369 e. The number of anilines is 1. The Labute approximate surface area is 104 Å². The molecule has 3 nitrogen and oxygen atoms in total. The number of fused-ring (bicyclic) bond motifs is 1. The van der Waals surface area contributed by atoms with Crippen molar-refractivity contribution in [3.63, 3.8) is 0 Å². The number of hydrogen-bond donors (Lipinski definition) is 1. The third kappa shape index (κ3) is 2.55. The van der Waals surface area contributed by atoms with Crippen LogP contribution in [0.25, 0.3) is 5.65 Å². The van der Waals surface area contributed by atoms with E-state index in [-0.39, 0.29) is 0 Å². The van der Waals surface area contributed by atoms with Crippen LogP contribution < -0.4 is 5.32 Å². The molecule has 2 atom stereocenters. The topological polar surface area (TPSA) is 29.3 Å².